The molecule has 0 aliphatic heterocycles. The second-order valence-electron chi connectivity index (χ2n) is 4.17. The molecule has 0 amide bonds. The molecule has 1 heterocycles. The molecule has 0 bridgehead atoms. The Morgan fingerprint density at radius 2 is 2.19 bits per heavy atom. The predicted octanol–water partition coefficient (Wildman–Crippen LogP) is 1.28. The Morgan fingerprint density at radius 1 is 1.48 bits per heavy atom. The number of non-ortho nitro benzene ring substituents is 1. The number of benzene rings is 1. The fourth-order valence-corrected chi connectivity index (χ4v) is 2.86. The monoisotopic (exact) mass is 314 g/mol. The van der Waals surface area contributed by atoms with Crippen LogP contribution in [0, 0.1) is 15.9 Å². The van der Waals surface area contributed by atoms with Crippen LogP contribution in [0.5, 0.6) is 0 Å². The molecule has 0 unspecified atom stereocenters. The molecule has 0 saturated heterocycles. The van der Waals surface area contributed by atoms with Gasteiger partial charge in [-0.15, -0.1) is 0 Å². The minimum Gasteiger partial charge on any atom is -0.347 e. The van der Waals surface area contributed by atoms with Crippen molar-refractivity contribution in [3.05, 3.63) is 52.3 Å². The van der Waals surface area contributed by atoms with Gasteiger partial charge in [0, 0.05) is 31.6 Å². The smallest absolute Gasteiger partial charge is 0.270 e. The molecule has 2 aromatic rings. The average Bonchev–Trinajstić information content (AvgIpc) is 2.91. The summed E-state index contributed by atoms with van der Waals surface area (Å²) in [6.07, 6.45) is 2.97. The van der Waals surface area contributed by atoms with Crippen molar-refractivity contribution in [2.24, 2.45) is 0 Å². The molecule has 10 heteroatoms. The van der Waals surface area contributed by atoms with E-state index in [-0.39, 0.29) is 6.54 Å². The highest BCUT2D eigenvalue weighted by molar-refractivity contribution is 7.89. The van der Waals surface area contributed by atoms with Gasteiger partial charge in [0.25, 0.3) is 5.69 Å². The van der Waals surface area contributed by atoms with E-state index in [4.69, 9.17) is 0 Å². The SMILES string of the molecule is CN(Cc1ncc[nH]1)S(=O)(=O)c1cc([N+](=O)[O-])ccc1F. The van der Waals surface area contributed by atoms with Crippen LogP contribution in [0.4, 0.5) is 10.1 Å². The van der Waals surface area contributed by atoms with E-state index in [9.17, 15) is 22.9 Å². The van der Waals surface area contributed by atoms with Crippen LogP contribution in [0.2, 0.25) is 0 Å². The first-order chi connectivity index (χ1) is 9.82. The number of halogens is 1. The van der Waals surface area contributed by atoms with Gasteiger partial charge in [-0.05, 0) is 6.07 Å². The van der Waals surface area contributed by atoms with Crippen LogP contribution < -0.4 is 0 Å². The van der Waals surface area contributed by atoms with E-state index in [1.54, 1.807) is 0 Å². The molecule has 0 saturated carbocycles. The molecule has 8 nitrogen and oxygen atoms in total. The molecule has 0 atom stereocenters. The normalized spacial score (nSPS) is 11.8. The number of nitrogens with one attached hydrogen (secondary N) is 1. The topological polar surface area (TPSA) is 109 Å². The summed E-state index contributed by atoms with van der Waals surface area (Å²) in [6, 6.07) is 2.36. The lowest BCUT2D eigenvalue weighted by molar-refractivity contribution is -0.385. The van der Waals surface area contributed by atoms with E-state index in [1.165, 1.54) is 19.4 Å². The first-order valence-electron chi connectivity index (χ1n) is 5.71. The molecular weight excluding hydrogens is 303 g/mol. The molecule has 0 aliphatic rings. The van der Waals surface area contributed by atoms with Crippen LogP contribution in [-0.2, 0) is 16.6 Å². The Morgan fingerprint density at radius 3 is 2.76 bits per heavy atom. The standard InChI is InChI=1S/C11H11FN4O4S/c1-15(7-11-13-4-5-14-11)21(19,20)10-6-8(16(17)18)2-3-9(10)12/h2-6H,7H2,1H3,(H,13,14). The molecular formula is C11H11FN4O4S. The number of hydrogen-bond donors (Lipinski definition) is 1. The van der Waals surface area contributed by atoms with Crippen molar-refractivity contribution in [2.75, 3.05) is 7.05 Å². The number of nitrogens with zero attached hydrogens (tertiary/aromatic N) is 3. The van der Waals surface area contributed by atoms with Gasteiger partial charge in [0.1, 0.15) is 16.5 Å². The highest BCUT2D eigenvalue weighted by Crippen LogP contribution is 2.24. The molecule has 0 fully saturated rings. The van der Waals surface area contributed by atoms with E-state index in [0.717, 1.165) is 16.4 Å². The molecule has 1 aromatic carbocycles. The van der Waals surface area contributed by atoms with E-state index in [1.807, 2.05) is 0 Å². The molecule has 2 rings (SSSR count). The van der Waals surface area contributed by atoms with Crippen LogP contribution in [0.1, 0.15) is 5.82 Å². The number of nitro groups is 1. The van der Waals surface area contributed by atoms with Crippen molar-refractivity contribution >= 4 is 15.7 Å². The van der Waals surface area contributed by atoms with Gasteiger partial charge < -0.3 is 4.98 Å². The van der Waals surface area contributed by atoms with Crippen LogP contribution >= 0.6 is 0 Å². The molecule has 0 aliphatic carbocycles. The number of H-pyrrole nitrogens is 1. The highest BCUT2D eigenvalue weighted by Gasteiger charge is 2.27. The minimum absolute atomic E-state index is 0.114. The minimum atomic E-state index is -4.21. The van der Waals surface area contributed by atoms with Gasteiger partial charge in [-0.3, -0.25) is 10.1 Å². The molecule has 1 N–H and O–H groups in total. The van der Waals surface area contributed by atoms with Crippen LogP contribution in [0.25, 0.3) is 0 Å². The van der Waals surface area contributed by atoms with E-state index >= 15 is 0 Å². The molecule has 0 radical (unpaired) electrons. The Bertz CT molecular complexity index is 761. The van der Waals surface area contributed by atoms with Gasteiger partial charge in [-0.25, -0.2) is 17.8 Å². The number of rotatable bonds is 5. The van der Waals surface area contributed by atoms with Crippen molar-refractivity contribution < 1.29 is 17.7 Å². The average molecular weight is 314 g/mol. The molecule has 1 aromatic heterocycles. The van der Waals surface area contributed by atoms with Gasteiger partial charge in [0.15, 0.2) is 0 Å². The number of imidazole rings is 1. The summed E-state index contributed by atoms with van der Waals surface area (Å²) >= 11 is 0. The van der Waals surface area contributed by atoms with Crippen molar-refractivity contribution in [1.29, 1.82) is 0 Å². The number of aromatic amines is 1. The van der Waals surface area contributed by atoms with Gasteiger partial charge in [-0.2, -0.15) is 4.31 Å². The Labute approximate surface area is 119 Å². The van der Waals surface area contributed by atoms with Gasteiger partial charge >= 0.3 is 0 Å². The Kier molecular flexibility index (Phi) is 4.00. The zero-order valence-electron chi connectivity index (χ0n) is 10.9. The maximum absolute atomic E-state index is 13.7. The first kappa shape index (κ1) is 15.1. The molecule has 0 spiro atoms. The quantitative estimate of drug-likeness (QED) is 0.660. The lowest BCUT2D eigenvalue weighted by atomic mass is 10.3. The number of sulfonamides is 1. The lowest BCUT2D eigenvalue weighted by Gasteiger charge is -2.16. The van der Waals surface area contributed by atoms with Crippen molar-refractivity contribution in [2.45, 2.75) is 11.4 Å². The summed E-state index contributed by atoms with van der Waals surface area (Å²) in [5, 5.41) is 10.7. The summed E-state index contributed by atoms with van der Waals surface area (Å²) in [7, 11) is -2.98. The second kappa shape index (κ2) is 5.58. The van der Waals surface area contributed by atoms with Crippen molar-refractivity contribution in [1.82, 2.24) is 14.3 Å². The van der Waals surface area contributed by atoms with Crippen molar-refractivity contribution in [3.63, 3.8) is 0 Å². The van der Waals surface area contributed by atoms with E-state index in [2.05, 4.69) is 9.97 Å². The molecule has 21 heavy (non-hydrogen) atoms. The summed E-state index contributed by atoms with van der Waals surface area (Å²) in [6.45, 7) is -0.114. The fraction of sp³-hybridized carbons (Fsp3) is 0.182. The summed E-state index contributed by atoms with van der Waals surface area (Å²) in [5.74, 6) is -0.682. The van der Waals surface area contributed by atoms with Crippen molar-refractivity contribution in [3.8, 4) is 0 Å². The van der Waals surface area contributed by atoms with Gasteiger partial charge in [0.05, 0.1) is 11.5 Å². The van der Waals surface area contributed by atoms with E-state index < -0.39 is 31.3 Å². The zero-order chi connectivity index (χ0) is 15.6. The fourth-order valence-electron chi connectivity index (χ4n) is 1.65. The number of hydrogen-bond acceptors (Lipinski definition) is 5. The third-order valence-corrected chi connectivity index (χ3v) is 4.56. The summed E-state index contributed by atoms with van der Waals surface area (Å²) in [5.41, 5.74) is -0.499. The van der Waals surface area contributed by atoms with Gasteiger partial charge in [-0.1, -0.05) is 0 Å². The third-order valence-electron chi connectivity index (χ3n) is 2.74. The lowest BCUT2D eigenvalue weighted by Crippen LogP contribution is -2.27. The summed E-state index contributed by atoms with van der Waals surface area (Å²) in [4.78, 5) is 15.7. The molecule has 112 valence electrons. The predicted molar refractivity (Wildman–Crippen MR) is 70.3 cm³/mol. The highest BCUT2D eigenvalue weighted by atomic mass is 32.2. The maximum atomic E-state index is 13.7. The van der Waals surface area contributed by atoms with Crippen LogP contribution in [0.15, 0.2) is 35.5 Å². The summed E-state index contributed by atoms with van der Waals surface area (Å²) < 4.78 is 39.1. The van der Waals surface area contributed by atoms with Gasteiger partial charge in [0.2, 0.25) is 10.0 Å². The number of aromatic nitrogens is 2. The largest absolute Gasteiger partial charge is 0.347 e. The first-order valence-corrected chi connectivity index (χ1v) is 7.15. The zero-order valence-corrected chi connectivity index (χ0v) is 11.7. The Hall–Kier alpha value is -2.33. The van der Waals surface area contributed by atoms with Crippen LogP contribution in [0.3, 0.4) is 0 Å². The maximum Gasteiger partial charge on any atom is 0.270 e. The number of nitro benzene ring substituents is 1. The third kappa shape index (κ3) is 3.06. The van der Waals surface area contributed by atoms with Crippen LogP contribution in [-0.4, -0.2) is 34.7 Å². The Balaban J connectivity index is 2.38. The second-order valence-corrected chi connectivity index (χ2v) is 6.18. The van der Waals surface area contributed by atoms with E-state index in [0.29, 0.717) is 11.9 Å².